The zero-order valence-electron chi connectivity index (χ0n) is 13.6. The third kappa shape index (κ3) is 4.35. The van der Waals surface area contributed by atoms with Crippen molar-refractivity contribution in [3.05, 3.63) is 54.1 Å². The fraction of sp³-hybridized carbons (Fsp3) is 0.167. The lowest BCUT2D eigenvalue weighted by atomic mass is 10.2. The van der Waals surface area contributed by atoms with E-state index in [1.54, 1.807) is 36.4 Å². The second-order valence-corrected chi connectivity index (χ2v) is 5.40. The van der Waals surface area contributed by atoms with E-state index >= 15 is 0 Å². The fourth-order valence-electron chi connectivity index (χ4n) is 2.25. The second-order valence-electron chi connectivity index (χ2n) is 5.40. The molecule has 0 saturated heterocycles. The van der Waals surface area contributed by atoms with Crippen LogP contribution >= 0.6 is 0 Å². The number of fused-ring (bicyclic) bond motifs is 1. The topological polar surface area (TPSA) is 89.0 Å². The normalized spacial score (nSPS) is 15.6. The molecule has 0 unspecified atom stereocenters. The highest BCUT2D eigenvalue weighted by molar-refractivity contribution is 5.89. The van der Waals surface area contributed by atoms with Crippen molar-refractivity contribution in [2.75, 3.05) is 11.9 Å². The van der Waals surface area contributed by atoms with Crippen molar-refractivity contribution in [2.24, 2.45) is 5.10 Å². The van der Waals surface area contributed by atoms with Gasteiger partial charge in [0.15, 0.2) is 11.5 Å². The van der Waals surface area contributed by atoms with Crippen molar-refractivity contribution < 1.29 is 19.1 Å². The quantitative estimate of drug-likeness (QED) is 0.658. The number of anilines is 1. The molecule has 0 fully saturated rings. The van der Waals surface area contributed by atoms with Crippen LogP contribution in [0.3, 0.4) is 0 Å². The van der Waals surface area contributed by atoms with Crippen LogP contribution in [0.4, 0.5) is 5.69 Å². The first kappa shape index (κ1) is 16.5. The summed E-state index contributed by atoms with van der Waals surface area (Å²) >= 11 is 0. The van der Waals surface area contributed by atoms with Crippen LogP contribution in [-0.2, 0) is 9.59 Å². The van der Waals surface area contributed by atoms with Crippen LogP contribution in [0, 0.1) is 0 Å². The van der Waals surface area contributed by atoms with E-state index < -0.39 is 6.10 Å². The monoisotopic (exact) mass is 339 g/mol. The molecule has 2 amide bonds. The first-order valence-electron chi connectivity index (χ1n) is 7.71. The van der Waals surface area contributed by atoms with Crippen LogP contribution in [0.5, 0.6) is 11.5 Å². The summed E-state index contributed by atoms with van der Waals surface area (Å²) in [6, 6.07) is 14.2. The minimum atomic E-state index is -0.755. The first-order valence-corrected chi connectivity index (χ1v) is 7.71. The molecule has 0 aliphatic carbocycles. The third-order valence-electron chi connectivity index (χ3n) is 3.42. The number of rotatable bonds is 4. The summed E-state index contributed by atoms with van der Waals surface area (Å²) in [5.41, 5.74) is 3.91. The summed E-state index contributed by atoms with van der Waals surface area (Å²) in [5, 5.41) is 6.59. The van der Waals surface area contributed by atoms with Crippen molar-refractivity contribution in [1.82, 2.24) is 5.43 Å². The number of carbonyl (C=O) groups is 2. The molecule has 7 heteroatoms. The number of hydrogen-bond acceptors (Lipinski definition) is 5. The Balaban J connectivity index is 1.54. The fourth-order valence-corrected chi connectivity index (χ4v) is 2.25. The maximum Gasteiger partial charge on any atom is 0.284 e. The molecule has 0 spiro atoms. The summed E-state index contributed by atoms with van der Waals surface area (Å²) < 4.78 is 11.1. The van der Waals surface area contributed by atoms with E-state index in [9.17, 15) is 9.59 Å². The van der Waals surface area contributed by atoms with Gasteiger partial charge in [-0.15, -0.1) is 0 Å². The smallest absolute Gasteiger partial charge is 0.284 e. The van der Waals surface area contributed by atoms with Gasteiger partial charge in [0.1, 0.15) is 6.61 Å². The van der Waals surface area contributed by atoms with Gasteiger partial charge in [0.25, 0.3) is 5.91 Å². The lowest BCUT2D eigenvalue weighted by molar-refractivity contribution is -0.130. The number of hydrazone groups is 1. The van der Waals surface area contributed by atoms with Gasteiger partial charge in [0.2, 0.25) is 12.0 Å². The predicted molar refractivity (Wildman–Crippen MR) is 92.8 cm³/mol. The number of nitrogens with zero attached hydrogens (tertiary/aromatic N) is 1. The van der Waals surface area contributed by atoms with E-state index in [0.29, 0.717) is 17.2 Å². The van der Waals surface area contributed by atoms with Gasteiger partial charge in [-0.2, -0.15) is 5.10 Å². The molecule has 1 aliphatic rings. The van der Waals surface area contributed by atoms with Crippen LogP contribution < -0.4 is 20.2 Å². The standard InChI is InChI=1S/C18H17N3O4/c1-12(22)20-14-8-6-13(7-9-14)10-19-21-18(23)17-11-24-15-4-2-3-5-16(15)25-17/h2-10,17H,11H2,1H3,(H,20,22)(H,21,23)/b19-10-/t17-/m0/s1. The lowest BCUT2D eigenvalue weighted by Crippen LogP contribution is -2.42. The molecule has 0 radical (unpaired) electrons. The van der Waals surface area contributed by atoms with E-state index in [0.717, 1.165) is 5.56 Å². The number of hydrogen-bond donors (Lipinski definition) is 2. The number of carbonyl (C=O) groups excluding carboxylic acids is 2. The van der Waals surface area contributed by atoms with Crippen LogP contribution in [0.25, 0.3) is 0 Å². The molecule has 1 atom stereocenters. The molecule has 2 aromatic carbocycles. The summed E-state index contributed by atoms with van der Waals surface area (Å²) in [6.45, 7) is 1.57. The number of nitrogens with one attached hydrogen (secondary N) is 2. The van der Waals surface area contributed by atoms with E-state index in [2.05, 4.69) is 15.8 Å². The Kier molecular flexibility index (Phi) is 4.94. The van der Waals surface area contributed by atoms with Gasteiger partial charge in [-0.1, -0.05) is 24.3 Å². The van der Waals surface area contributed by atoms with Gasteiger partial charge in [-0.3, -0.25) is 9.59 Å². The summed E-state index contributed by atoms with van der Waals surface area (Å²) in [7, 11) is 0. The first-order chi connectivity index (χ1) is 12.1. The van der Waals surface area contributed by atoms with Crippen LogP contribution in [0.15, 0.2) is 53.6 Å². The molecule has 0 saturated carbocycles. The maximum absolute atomic E-state index is 12.1. The van der Waals surface area contributed by atoms with E-state index in [-0.39, 0.29) is 18.4 Å². The summed E-state index contributed by atoms with van der Waals surface area (Å²) in [5.74, 6) is 0.631. The Labute approximate surface area is 144 Å². The molecular formula is C18H17N3O4. The SMILES string of the molecule is CC(=O)Nc1ccc(/C=N\NC(=O)[C@@H]2COc3ccccc3O2)cc1. The molecule has 128 valence electrons. The Morgan fingerprint density at radius 3 is 2.56 bits per heavy atom. The minimum Gasteiger partial charge on any atom is -0.485 e. The third-order valence-corrected chi connectivity index (χ3v) is 3.42. The summed E-state index contributed by atoms with van der Waals surface area (Å²) in [4.78, 5) is 23.1. The van der Waals surface area contributed by atoms with Crippen molar-refractivity contribution >= 4 is 23.7 Å². The van der Waals surface area contributed by atoms with Crippen LogP contribution in [-0.4, -0.2) is 30.7 Å². The van der Waals surface area contributed by atoms with Crippen LogP contribution in [0.1, 0.15) is 12.5 Å². The number of amides is 2. The average Bonchev–Trinajstić information content (AvgIpc) is 2.62. The molecular weight excluding hydrogens is 322 g/mol. The van der Waals surface area contributed by atoms with Crippen molar-refractivity contribution in [3.8, 4) is 11.5 Å². The number of para-hydroxylation sites is 2. The molecule has 0 bridgehead atoms. The highest BCUT2D eigenvalue weighted by atomic mass is 16.6. The number of ether oxygens (including phenoxy) is 2. The van der Waals surface area contributed by atoms with Gasteiger partial charge in [0, 0.05) is 12.6 Å². The molecule has 0 aromatic heterocycles. The predicted octanol–water partition coefficient (Wildman–Crippen LogP) is 1.94. The Bertz CT molecular complexity index is 802. The molecule has 25 heavy (non-hydrogen) atoms. The van der Waals surface area contributed by atoms with Gasteiger partial charge in [0.05, 0.1) is 6.21 Å². The van der Waals surface area contributed by atoms with E-state index in [4.69, 9.17) is 9.47 Å². The van der Waals surface area contributed by atoms with E-state index in [1.807, 2.05) is 12.1 Å². The Morgan fingerprint density at radius 2 is 1.84 bits per heavy atom. The highest BCUT2D eigenvalue weighted by Gasteiger charge is 2.26. The van der Waals surface area contributed by atoms with Crippen LogP contribution in [0.2, 0.25) is 0 Å². The summed E-state index contributed by atoms with van der Waals surface area (Å²) in [6.07, 6.45) is 0.752. The van der Waals surface area contributed by atoms with Gasteiger partial charge in [-0.05, 0) is 29.8 Å². The van der Waals surface area contributed by atoms with Crippen molar-refractivity contribution in [1.29, 1.82) is 0 Å². The average molecular weight is 339 g/mol. The molecule has 1 aliphatic heterocycles. The lowest BCUT2D eigenvalue weighted by Gasteiger charge is -2.24. The zero-order chi connectivity index (χ0) is 17.6. The van der Waals surface area contributed by atoms with Gasteiger partial charge in [-0.25, -0.2) is 5.43 Å². The highest BCUT2D eigenvalue weighted by Crippen LogP contribution is 2.30. The molecule has 3 rings (SSSR count). The molecule has 1 heterocycles. The Hall–Kier alpha value is -3.35. The van der Waals surface area contributed by atoms with Crippen molar-refractivity contribution in [2.45, 2.75) is 13.0 Å². The van der Waals surface area contributed by atoms with Gasteiger partial charge < -0.3 is 14.8 Å². The zero-order valence-corrected chi connectivity index (χ0v) is 13.6. The van der Waals surface area contributed by atoms with Gasteiger partial charge >= 0.3 is 0 Å². The Morgan fingerprint density at radius 1 is 1.12 bits per heavy atom. The maximum atomic E-state index is 12.1. The molecule has 7 nitrogen and oxygen atoms in total. The largest absolute Gasteiger partial charge is 0.485 e. The molecule has 2 aromatic rings. The van der Waals surface area contributed by atoms with E-state index in [1.165, 1.54) is 13.1 Å². The van der Waals surface area contributed by atoms with Crippen molar-refractivity contribution in [3.63, 3.8) is 0 Å². The minimum absolute atomic E-state index is 0.129. The second kappa shape index (κ2) is 7.48. The molecule has 2 N–H and O–H groups in total. The number of benzene rings is 2.